The molecule has 0 fully saturated rings. The largest absolute Gasteiger partial charge is 0.399 e. The summed E-state index contributed by atoms with van der Waals surface area (Å²) < 4.78 is 0. The molecule has 1 heterocycles. The summed E-state index contributed by atoms with van der Waals surface area (Å²) in [5.41, 5.74) is 11.1. The summed E-state index contributed by atoms with van der Waals surface area (Å²) in [6, 6.07) is 22.8. The second-order valence-corrected chi connectivity index (χ2v) is 5.72. The number of pyridine rings is 1. The Morgan fingerprint density at radius 1 is 0.826 bits per heavy atom. The number of anilines is 1. The SMILES string of the molecule is [CH2]Cc1ccc2cc(N)cc(-c3cccc4ccccc34)c2n1. The second-order valence-electron chi connectivity index (χ2n) is 5.72. The van der Waals surface area contributed by atoms with Crippen LogP contribution in [-0.4, -0.2) is 4.98 Å². The molecule has 0 amide bonds. The van der Waals surface area contributed by atoms with Crippen LogP contribution in [0.5, 0.6) is 0 Å². The fourth-order valence-corrected chi connectivity index (χ4v) is 3.10. The van der Waals surface area contributed by atoms with Gasteiger partial charge in [0, 0.05) is 22.3 Å². The Bertz CT molecular complexity index is 1010. The molecule has 0 spiro atoms. The lowest BCUT2D eigenvalue weighted by Gasteiger charge is -2.12. The van der Waals surface area contributed by atoms with Crippen LogP contribution in [0.1, 0.15) is 5.69 Å². The van der Waals surface area contributed by atoms with E-state index in [1.807, 2.05) is 18.2 Å². The zero-order valence-electron chi connectivity index (χ0n) is 12.8. The quantitative estimate of drug-likeness (QED) is 0.528. The third-order valence-corrected chi connectivity index (χ3v) is 4.21. The van der Waals surface area contributed by atoms with Crippen LogP contribution in [0.4, 0.5) is 5.69 Å². The summed E-state index contributed by atoms with van der Waals surface area (Å²) in [6.45, 7) is 3.95. The first-order valence-corrected chi connectivity index (χ1v) is 7.73. The normalized spacial score (nSPS) is 11.2. The predicted molar refractivity (Wildman–Crippen MR) is 98.2 cm³/mol. The van der Waals surface area contributed by atoms with E-state index in [0.717, 1.165) is 33.4 Å². The average Bonchev–Trinajstić information content (AvgIpc) is 2.60. The van der Waals surface area contributed by atoms with Crippen LogP contribution in [0.15, 0.2) is 66.7 Å². The molecule has 0 aliphatic heterocycles. The van der Waals surface area contributed by atoms with E-state index in [1.165, 1.54) is 10.8 Å². The zero-order chi connectivity index (χ0) is 15.8. The van der Waals surface area contributed by atoms with Gasteiger partial charge in [-0.15, -0.1) is 0 Å². The van der Waals surface area contributed by atoms with Crippen molar-refractivity contribution in [2.45, 2.75) is 6.42 Å². The Balaban J connectivity index is 2.11. The van der Waals surface area contributed by atoms with Crippen molar-refractivity contribution >= 4 is 27.4 Å². The highest BCUT2D eigenvalue weighted by Gasteiger charge is 2.10. The predicted octanol–water partition coefficient (Wildman–Crippen LogP) is 5.01. The van der Waals surface area contributed by atoms with Crippen molar-refractivity contribution in [1.29, 1.82) is 0 Å². The maximum Gasteiger partial charge on any atom is 0.0785 e. The van der Waals surface area contributed by atoms with Crippen molar-refractivity contribution < 1.29 is 0 Å². The molecule has 0 atom stereocenters. The summed E-state index contributed by atoms with van der Waals surface area (Å²) in [6.07, 6.45) is 0.676. The van der Waals surface area contributed by atoms with E-state index < -0.39 is 0 Å². The molecule has 4 rings (SSSR count). The molecule has 0 bridgehead atoms. The Hall–Kier alpha value is -2.87. The molecule has 3 aromatic carbocycles. The third kappa shape index (κ3) is 2.33. The summed E-state index contributed by atoms with van der Waals surface area (Å²) in [5, 5.41) is 3.49. The minimum Gasteiger partial charge on any atom is -0.399 e. The van der Waals surface area contributed by atoms with E-state index in [1.54, 1.807) is 0 Å². The second kappa shape index (κ2) is 5.40. The van der Waals surface area contributed by atoms with Crippen molar-refractivity contribution in [2.75, 3.05) is 5.73 Å². The van der Waals surface area contributed by atoms with Gasteiger partial charge in [0.2, 0.25) is 0 Å². The fraction of sp³-hybridized carbons (Fsp3) is 0.0476. The molecule has 23 heavy (non-hydrogen) atoms. The van der Waals surface area contributed by atoms with Gasteiger partial charge in [-0.25, -0.2) is 0 Å². The molecule has 4 aromatic rings. The minimum absolute atomic E-state index is 0.676. The maximum absolute atomic E-state index is 6.14. The average molecular weight is 297 g/mol. The minimum atomic E-state index is 0.676. The van der Waals surface area contributed by atoms with E-state index >= 15 is 0 Å². The number of nitrogen functional groups attached to an aromatic ring is 1. The monoisotopic (exact) mass is 297 g/mol. The van der Waals surface area contributed by atoms with Crippen molar-refractivity contribution in [3.05, 3.63) is 79.3 Å². The van der Waals surface area contributed by atoms with Gasteiger partial charge in [0.05, 0.1) is 5.52 Å². The molecule has 0 saturated carbocycles. The van der Waals surface area contributed by atoms with Gasteiger partial charge in [-0.05, 0) is 47.9 Å². The zero-order valence-corrected chi connectivity index (χ0v) is 12.8. The van der Waals surface area contributed by atoms with Crippen LogP contribution in [-0.2, 0) is 6.42 Å². The van der Waals surface area contributed by atoms with Gasteiger partial charge < -0.3 is 5.73 Å². The van der Waals surface area contributed by atoms with E-state index in [0.29, 0.717) is 6.42 Å². The number of nitrogens with zero attached hydrogens (tertiary/aromatic N) is 1. The Labute approximate surface area is 135 Å². The summed E-state index contributed by atoms with van der Waals surface area (Å²) in [4.78, 5) is 4.80. The molecule has 2 nitrogen and oxygen atoms in total. The first kappa shape index (κ1) is 13.8. The topological polar surface area (TPSA) is 38.9 Å². The van der Waals surface area contributed by atoms with Gasteiger partial charge in [-0.1, -0.05) is 48.5 Å². The molecule has 0 aliphatic rings. The molecule has 2 heteroatoms. The summed E-state index contributed by atoms with van der Waals surface area (Å²) in [5.74, 6) is 0. The van der Waals surface area contributed by atoms with Gasteiger partial charge in [0.25, 0.3) is 0 Å². The molecule has 2 N–H and O–H groups in total. The smallest absolute Gasteiger partial charge is 0.0785 e. The number of nitrogens with two attached hydrogens (primary N) is 1. The molecular weight excluding hydrogens is 280 g/mol. The first-order valence-electron chi connectivity index (χ1n) is 7.73. The lowest BCUT2D eigenvalue weighted by Crippen LogP contribution is -1.94. The number of fused-ring (bicyclic) bond motifs is 2. The summed E-state index contributed by atoms with van der Waals surface area (Å²) in [7, 11) is 0. The molecule has 1 aromatic heterocycles. The number of aromatic nitrogens is 1. The fourth-order valence-electron chi connectivity index (χ4n) is 3.10. The van der Waals surface area contributed by atoms with Crippen molar-refractivity contribution in [2.24, 2.45) is 0 Å². The lowest BCUT2D eigenvalue weighted by atomic mass is 9.95. The van der Waals surface area contributed by atoms with E-state index in [2.05, 4.69) is 55.5 Å². The lowest BCUT2D eigenvalue weighted by molar-refractivity contribution is 1.14. The molecule has 111 valence electrons. The van der Waals surface area contributed by atoms with E-state index in [-0.39, 0.29) is 0 Å². The standard InChI is InChI=1S/C21H17N2/c1-2-17-11-10-15-12-16(22)13-20(21(15)23-17)19-9-5-7-14-6-3-4-8-18(14)19/h3-13H,1-2,22H2. The van der Waals surface area contributed by atoms with Crippen LogP contribution >= 0.6 is 0 Å². The van der Waals surface area contributed by atoms with Crippen LogP contribution in [0, 0.1) is 6.92 Å². The molecular formula is C21H17N2. The Kier molecular flexibility index (Phi) is 3.23. The maximum atomic E-state index is 6.14. The van der Waals surface area contributed by atoms with Crippen LogP contribution in [0.25, 0.3) is 32.8 Å². The highest BCUT2D eigenvalue weighted by molar-refractivity contribution is 6.05. The number of hydrogen-bond acceptors (Lipinski definition) is 2. The van der Waals surface area contributed by atoms with Crippen molar-refractivity contribution in [1.82, 2.24) is 4.98 Å². The Morgan fingerprint density at radius 2 is 1.65 bits per heavy atom. The third-order valence-electron chi connectivity index (χ3n) is 4.21. The van der Waals surface area contributed by atoms with Gasteiger partial charge in [-0.3, -0.25) is 4.98 Å². The number of rotatable bonds is 2. The van der Waals surface area contributed by atoms with E-state index in [4.69, 9.17) is 10.7 Å². The van der Waals surface area contributed by atoms with Gasteiger partial charge in [0.15, 0.2) is 0 Å². The van der Waals surface area contributed by atoms with Crippen LogP contribution < -0.4 is 5.73 Å². The van der Waals surface area contributed by atoms with Crippen LogP contribution in [0.3, 0.4) is 0 Å². The van der Waals surface area contributed by atoms with Gasteiger partial charge >= 0.3 is 0 Å². The molecule has 0 aliphatic carbocycles. The highest BCUT2D eigenvalue weighted by atomic mass is 14.7. The molecule has 0 saturated heterocycles. The van der Waals surface area contributed by atoms with E-state index in [9.17, 15) is 0 Å². The van der Waals surface area contributed by atoms with Gasteiger partial charge in [0.1, 0.15) is 0 Å². The molecule has 1 radical (unpaired) electrons. The Morgan fingerprint density at radius 3 is 2.52 bits per heavy atom. The summed E-state index contributed by atoms with van der Waals surface area (Å²) >= 11 is 0. The molecule has 0 unspecified atom stereocenters. The van der Waals surface area contributed by atoms with Gasteiger partial charge in [-0.2, -0.15) is 0 Å². The van der Waals surface area contributed by atoms with Crippen LogP contribution in [0.2, 0.25) is 0 Å². The highest BCUT2D eigenvalue weighted by Crippen LogP contribution is 2.34. The number of hydrogen-bond donors (Lipinski definition) is 1. The van der Waals surface area contributed by atoms with Crippen molar-refractivity contribution in [3.8, 4) is 11.1 Å². The van der Waals surface area contributed by atoms with Crippen molar-refractivity contribution in [3.63, 3.8) is 0 Å². The first-order chi connectivity index (χ1) is 11.3. The number of benzene rings is 3.